The molecule has 174 valence electrons. The second-order valence-corrected chi connectivity index (χ2v) is 9.41. The van der Waals surface area contributed by atoms with Crippen LogP contribution < -0.4 is 17.0 Å². The smallest absolute Gasteiger partial charge is 0.260 e. The third-order valence-electron chi connectivity index (χ3n) is 6.49. The molecule has 0 saturated heterocycles. The van der Waals surface area contributed by atoms with Crippen molar-refractivity contribution in [3.63, 3.8) is 0 Å². The zero-order valence-corrected chi connectivity index (χ0v) is 19.7. The topological polar surface area (TPSA) is 126 Å². The Balaban J connectivity index is 1.60. The van der Waals surface area contributed by atoms with E-state index in [9.17, 15) is 4.79 Å². The average molecular weight is 476 g/mol. The Kier molecular flexibility index (Phi) is 6.02. The number of nitrogens with two attached hydrogens (primary N) is 2. The molecule has 0 atom stereocenters. The summed E-state index contributed by atoms with van der Waals surface area (Å²) in [4.78, 5) is 31.0. The second kappa shape index (κ2) is 9.12. The van der Waals surface area contributed by atoms with Gasteiger partial charge in [-0.15, -0.1) is 0 Å². The fourth-order valence-electron chi connectivity index (χ4n) is 4.66. The Morgan fingerprint density at radius 2 is 1.85 bits per heavy atom. The highest BCUT2D eigenvalue weighted by Crippen LogP contribution is 2.32. The molecule has 5 rings (SSSR count). The van der Waals surface area contributed by atoms with Crippen molar-refractivity contribution < 1.29 is 0 Å². The number of hydrogen-bond acceptors (Lipinski definition) is 7. The van der Waals surface area contributed by atoms with Crippen molar-refractivity contribution in [1.29, 1.82) is 0 Å². The summed E-state index contributed by atoms with van der Waals surface area (Å²) in [5.41, 5.74) is 15.9. The lowest BCUT2D eigenvalue weighted by molar-refractivity contribution is 0.295. The summed E-state index contributed by atoms with van der Waals surface area (Å²) in [6.45, 7) is 2.44. The first-order valence-electron chi connectivity index (χ1n) is 11.4. The number of aryl methyl sites for hydroxylation is 1. The monoisotopic (exact) mass is 475 g/mol. The number of nitrogens with zero attached hydrogens (tertiary/aromatic N) is 5. The van der Waals surface area contributed by atoms with Gasteiger partial charge in [-0.2, -0.15) is 4.98 Å². The van der Waals surface area contributed by atoms with Gasteiger partial charge in [-0.3, -0.25) is 14.3 Å². The van der Waals surface area contributed by atoms with E-state index in [1.54, 1.807) is 29.2 Å². The molecule has 1 fully saturated rings. The number of hydrogen-bond donors (Lipinski definition) is 2. The zero-order valence-electron chi connectivity index (χ0n) is 18.9. The number of pyridine rings is 1. The summed E-state index contributed by atoms with van der Waals surface area (Å²) in [5, 5.41) is 1.20. The molecule has 0 spiro atoms. The molecule has 1 aromatic carbocycles. The predicted octanol–water partition coefficient (Wildman–Crippen LogP) is 3.98. The number of benzene rings is 1. The summed E-state index contributed by atoms with van der Waals surface area (Å²) >= 11 is 6.70. The van der Waals surface area contributed by atoms with Gasteiger partial charge in [0.2, 0.25) is 5.95 Å². The van der Waals surface area contributed by atoms with Gasteiger partial charge in [-0.1, -0.05) is 23.7 Å². The van der Waals surface area contributed by atoms with E-state index in [1.807, 2.05) is 25.1 Å². The normalized spacial score (nSPS) is 18.3. The minimum Gasteiger partial charge on any atom is -0.368 e. The fraction of sp³-hybridized carbons (Fsp3) is 0.320. The van der Waals surface area contributed by atoms with E-state index in [0.29, 0.717) is 34.3 Å². The van der Waals surface area contributed by atoms with E-state index in [-0.39, 0.29) is 17.5 Å². The predicted molar refractivity (Wildman–Crippen MR) is 134 cm³/mol. The van der Waals surface area contributed by atoms with E-state index in [2.05, 4.69) is 19.9 Å². The quantitative estimate of drug-likeness (QED) is 0.457. The van der Waals surface area contributed by atoms with Crippen LogP contribution in [0.15, 0.2) is 47.7 Å². The van der Waals surface area contributed by atoms with Gasteiger partial charge in [0.25, 0.3) is 5.56 Å². The zero-order chi connectivity index (χ0) is 23.8. The summed E-state index contributed by atoms with van der Waals surface area (Å²) in [7, 11) is 0. The van der Waals surface area contributed by atoms with Crippen LogP contribution in [0, 0.1) is 12.8 Å². The Labute approximate surface area is 202 Å². The van der Waals surface area contributed by atoms with Crippen LogP contribution in [0.3, 0.4) is 0 Å². The molecule has 0 bridgehead atoms. The van der Waals surface area contributed by atoms with Crippen molar-refractivity contribution in [2.75, 3.05) is 5.73 Å². The maximum absolute atomic E-state index is 13.7. The van der Waals surface area contributed by atoms with E-state index in [4.69, 9.17) is 23.1 Å². The molecule has 1 saturated carbocycles. The van der Waals surface area contributed by atoms with Crippen molar-refractivity contribution in [2.45, 2.75) is 45.2 Å². The molecule has 0 radical (unpaired) electrons. The van der Waals surface area contributed by atoms with Gasteiger partial charge in [-0.25, -0.2) is 9.97 Å². The maximum atomic E-state index is 13.7. The molecule has 1 aliphatic carbocycles. The van der Waals surface area contributed by atoms with Crippen molar-refractivity contribution >= 4 is 28.6 Å². The van der Waals surface area contributed by atoms with Crippen LogP contribution in [0.2, 0.25) is 5.02 Å². The van der Waals surface area contributed by atoms with Crippen LogP contribution in [0.5, 0.6) is 0 Å². The summed E-state index contributed by atoms with van der Waals surface area (Å²) in [6, 6.07) is 7.60. The summed E-state index contributed by atoms with van der Waals surface area (Å²) in [5.74, 6) is 0.491. The standard InChI is InChI=1S/C25H26ClN7O/c1-14-10-29-12-22(31-14)16-4-7-19(21(26)9-16)20-8-17-11-30-25(28)32-23(17)33(24(20)34)13-15-2-5-18(27)6-3-15/h4,7-12,15,18H,2-3,5-6,13,27H2,1H3,(H2,28,30,32)/t15-,18-. The molecule has 3 aromatic heterocycles. The molecule has 3 heterocycles. The summed E-state index contributed by atoms with van der Waals surface area (Å²) < 4.78 is 1.72. The van der Waals surface area contributed by atoms with E-state index >= 15 is 0 Å². The van der Waals surface area contributed by atoms with Crippen LogP contribution in [-0.4, -0.2) is 30.5 Å². The van der Waals surface area contributed by atoms with Gasteiger partial charge < -0.3 is 11.5 Å². The lowest BCUT2D eigenvalue weighted by atomic mass is 9.86. The average Bonchev–Trinajstić information content (AvgIpc) is 2.82. The highest BCUT2D eigenvalue weighted by atomic mass is 35.5. The summed E-state index contributed by atoms with van der Waals surface area (Å²) in [6.07, 6.45) is 8.93. The Hall–Kier alpha value is -3.36. The van der Waals surface area contributed by atoms with Crippen molar-refractivity contribution in [2.24, 2.45) is 11.7 Å². The molecular weight excluding hydrogens is 450 g/mol. The lowest BCUT2D eigenvalue weighted by Gasteiger charge is -2.27. The molecule has 4 N–H and O–H groups in total. The fourth-order valence-corrected chi connectivity index (χ4v) is 4.94. The molecule has 8 nitrogen and oxygen atoms in total. The third kappa shape index (κ3) is 4.38. The Morgan fingerprint density at radius 3 is 2.59 bits per heavy atom. The van der Waals surface area contributed by atoms with E-state index in [0.717, 1.165) is 48.0 Å². The van der Waals surface area contributed by atoms with Gasteiger partial charge in [0.1, 0.15) is 5.65 Å². The molecular formula is C25H26ClN7O. The van der Waals surface area contributed by atoms with Crippen molar-refractivity contribution in [1.82, 2.24) is 24.5 Å². The number of anilines is 1. The number of halogens is 1. The van der Waals surface area contributed by atoms with Gasteiger partial charge >= 0.3 is 0 Å². The third-order valence-corrected chi connectivity index (χ3v) is 6.80. The van der Waals surface area contributed by atoms with Crippen LogP contribution in [0.25, 0.3) is 33.4 Å². The van der Waals surface area contributed by atoms with Gasteiger partial charge in [0.15, 0.2) is 0 Å². The number of rotatable bonds is 4. The van der Waals surface area contributed by atoms with Gasteiger partial charge in [0.05, 0.1) is 17.6 Å². The largest absolute Gasteiger partial charge is 0.368 e. The second-order valence-electron chi connectivity index (χ2n) is 9.00. The van der Waals surface area contributed by atoms with E-state index < -0.39 is 0 Å². The Bertz CT molecular complexity index is 1430. The molecule has 0 aliphatic heterocycles. The lowest BCUT2D eigenvalue weighted by Crippen LogP contribution is -2.31. The number of nitrogen functional groups attached to an aromatic ring is 1. The first-order chi connectivity index (χ1) is 16.4. The maximum Gasteiger partial charge on any atom is 0.260 e. The molecule has 0 amide bonds. The number of fused-ring (bicyclic) bond motifs is 1. The highest BCUT2D eigenvalue weighted by molar-refractivity contribution is 6.33. The van der Waals surface area contributed by atoms with Gasteiger partial charge in [0, 0.05) is 52.1 Å². The van der Waals surface area contributed by atoms with Crippen molar-refractivity contribution in [3.8, 4) is 22.4 Å². The molecule has 9 heteroatoms. The Morgan fingerprint density at radius 1 is 1.06 bits per heavy atom. The molecule has 34 heavy (non-hydrogen) atoms. The van der Waals surface area contributed by atoms with Crippen LogP contribution in [-0.2, 0) is 6.54 Å². The molecule has 4 aromatic rings. The highest BCUT2D eigenvalue weighted by Gasteiger charge is 2.22. The van der Waals surface area contributed by atoms with Crippen LogP contribution >= 0.6 is 11.6 Å². The van der Waals surface area contributed by atoms with Crippen LogP contribution in [0.1, 0.15) is 31.4 Å². The minimum absolute atomic E-state index is 0.140. The van der Waals surface area contributed by atoms with Crippen molar-refractivity contribution in [3.05, 3.63) is 63.9 Å². The van der Waals surface area contributed by atoms with E-state index in [1.165, 1.54) is 0 Å². The first kappa shape index (κ1) is 22.4. The number of aromatic nitrogens is 5. The SMILES string of the molecule is Cc1cncc(-c2ccc(-c3cc4cnc(N)nc4n(C[C@H]4CC[C@H](N)CC4)c3=O)c(Cl)c2)n1. The minimum atomic E-state index is -0.148. The van der Waals surface area contributed by atoms with Crippen LogP contribution in [0.4, 0.5) is 5.95 Å². The molecule has 0 unspecified atom stereocenters. The molecule has 1 aliphatic rings. The first-order valence-corrected chi connectivity index (χ1v) is 11.8. The van der Waals surface area contributed by atoms with Gasteiger partial charge in [-0.05, 0) is 50.7 Å².